The predicted molar refractivity (Wildman–Crippen MR) is 401 cm³/mol. The van der Waals surface area contributed by atoms with Crippen molar-refractivity contribution in [3.63, 3.8) is 0 Å². The van der Waals surface area contributed by atoms with E-state index in [-0.39, 0.29) is 12.5 Å². The SMILES string of the molecule is CC/C=C\C/C=C\C/C=C\C/C=C\C/C=C\C/C=C\C/C=C\C/C=C\CCCCCCCCCCCCCCC(=O)NC(COC1OC(CO)C(O)C(O)C1O)C(O)/C=C/CCCCCCCCCCCCCCCCCCCCCCCCCCCCCCCCC. The van der Waals surface area contributed by atoms with Gasteiger partial charge in [-0.2, -0.15) is 0 Å². The minimum atomic E-state index is -1.57. The van der Waals surface area contributed by atoms with Crippen LogP contribution in [0.15, 0.2) is 109 Å². The number of carbonyl (C=O) groups excluding carboxylic acids is 1. The number of nitrogens with one attached hydrogen (secondary N) is 1. The van der Waals surface area contributed by atoms with Gasteiger partial charge in [0.1, 0.15) is 24.4 Å². The maximum Gasteiger partial charge on any atom is 0.220 e. The standard InChI is InChI=1S/C84H149NO8/c1-3-5-7-9-11-13-15-17-19-21-23-25-27-29-31-33-35-37-38-39-40-42-44-46-48-50-52-54-56-58-60-62-64-66-68-70-72-74-80(88)85-77(76-92-84-83(91)82(90)81(89)79(75-86)93-84)78(87)73-71-69-67-65-63-61-59-57-55-53-51-49-47-45-43-41-36-34-32-30-28-26-24-22-20-18-16-14-12-10-8-6-4-2/h5,7,11,13,17,19,23,25,29,31,35,37,39-40,44,46,71,73,77-79,81-84,86-87,89-91H,3-4,6,8-10,12,14-16,18,20-22,24,26-28,30,32-34,36,38,41-43,45,47-70,72,74-76H2,1-2H3,(H,85,88)/b7-5-,13-11-,19-17-,25-23-,31-29-,37-35-,40-39-,46-44-,73-71+. The van der Waals surface area contributed by atoms with Gasteiger partial charge in [-0.3, -0.25) is 4.79 Å². The average molecular weight is 1300 g/mol. The maximum atomic E-state index is 13.2. The van der Waals surface area contributed by atoms with Gasteiger partial charge in [-0.25, -0.2) is 0 Å². The summed E-state index contributed by atoms with van der Waals surface area (Å²) in [5.74, 6) is -0.178. The van der Waals surface area contributed by atoms with Crippen LogP contribution in [0.3, 0.4) is 0 Å². The van der Waals surface area contributed by atoms with Crippen molar-refractivity contribution in [2.45, 2.75) is 403 Å². The molecule has 0 aliphatic carbocycles. The molecule has 0 bridgehead atoms. The number of hydrogen-bond donors (Lipinski definition) is 6. The Morgan fingerprint density at radius 3 is 0.989 bits per heavy atom. The zero-order valence-corrected chi connectivity index (χ0v) is 60.5. The van der Waals surface area contributed by atoms with E-state index in [1.807, 2.05) is 6.08 Å². The molecule has 1 saturated heterocycles. The highest BCUT2D eigenvalue weighted by molar-refractivity contribution is 5.76. The molecule has 7 unspecified atom stereocenters. The summed E-state index contributed by atoms with van der Waals surface area (Å²) in [5.41, 5.74) is 0. The highest BCUT2D eigenvalue weighted by Crippen LogP contribution is 2.24. The first-order valence-electron chi connectivity index (χ1n) is 39.6. The molecule has 93 heavy (non-hydrogen) atoms. The van der Waals surface area contributed by atoms with E-state index in [4.69, 9.17) is 9.47 Å². The summed E-state index contributed by atoms with van der Waals surface area (Å²) in [6.07, 6.45) is 99.3. The Kier molecular flexibility index (Phi) is 67.7. The number of ether oxygens (including phenoxy) is 2. The van der Waals surface area contributed by atoms with Crippen molar-refractivity contribution >= 4 is 5.91 Å². The normalized spacial score (nSPS) is 18.2. The lowest BCUT2D eigenvalue weighted by molar-refractivity contribution is -0.302. The second-order valence-electron chi connectivity index (χ2n) is 27.1. The van der Waals surface area contributed by atoms with Gasteiger partial charge in [0.05, 0.1) is 25.4 Å². The molecule has 9 nitrogen and oxygen atoms in total. The van der Waals surface area contributed by atoms with Gasteiger partial charge in [-0.05, 0) is 83.5 Å². The Labute approximate surface area is 574 Å². The first-order valence-corrected chi connectivity index (χ1v) is 39.6. The van der Waals surface area contributed by atoms with Crippen molar-refractivity contribution in [2.24, 2.45) is 0 Å². The van der Waals surface area contributed by atoms with Gasteiger partial charge < -0.3 is 40.3 Å². The molecule has 1 amide bonds. The van der Waals surface area contributed by atoms with Crippen LogP contribution >= 0.6 is 0 Å². The van der Waals surface area contributed by atoms with Crippen LogP contribution in [0, 0.1) is 0 Å². The molecule has 1 heterocycles. The first kappa shape index (κ1) is 87.9. The molecule has 0 saturated carbocycles. The lowest BCUT2D eigenvalue weighted by Gasteiger charge is -2.40. The van der Waals surface area contributed by atoms with E-state index in [1.54, 1.807) is 6.08 Å². The van der Waals surface area contributed by atoms with Crippen LogP contribution in [0.25, 0.3) is 0 Å². The number of carbonyl (C=O) groups is 1. The van der Waals surface area contributed by atoms with Gasteiger partial charge in [-0.1, -0.05) is 380 Å². The van der Waals surface area contributed by atoms with Crippen molar-refractivity contribution in [3.8, 4) is 0 Å². The monoisotopic (exact) mass is 1300 g/mol. The fraction of sp³-hybridized carbons (Fsp3) is 0.774. The fourth-order valence-electron chi connectivity index (χ4n) is 12.2. The van der Waals surface area contributed by atoms with E-state index < -0.39 is 49.5 Å². The number of hydrogen-bond acceptors (Lipinski definition) is 8. The van der Waals surface area contributed by atoms with E-state index in [2.05, 4.69) is 116 Å². The summed E-state index contributed by atoms with van der Waals surface area (Å²) in [6, 6.07) is -0.815. The van der Waals surface area contributed by atoms with E-state index in [1.165, 1.54) is 250 Å². The zero-order chi connectivity index (χ0) is 67.1. The second-order valence-corrected chi connectivity index (χ2v) is 27.1. The molecule has 1 aliphatic heterocycles. The Morgan fingerprint density at radius 1 is 0.376 bits per heavy atom. The molecule has 9 heteroatoms. The summed E-state index contributed by atoms with van der Waals surface area (Å²) < 4.78 is 11.3. The van der Waals surface area contributed by atoms with E-state index in [0.29, 0.717) is 6.42 Å². The lowest BCUT2D eigenvalue weighted by Crippen LogP contribution is -2.60. The van der Waals surface area contributed by atoms with Gasteiger partial charge in [-0.15, -0.1) is 0 Å². The van der Waals surface area contributed by atoms with Crippen LogP contribution in [0.2, 0.25) is 0 Å². The Hall–Kier alpha value is -3.15. The fourth-order valence-corrected chi connectivity index (χ4v) is 12.2. The second kappa shape index (κ2) is 71.6. The van der Waals surface area contributed by atoms with Crippen molar-refractivity contribution < 1.29 is 39.8 Å². The summed E-state index contributed by atoms with van der Waals surface area (Å²) in [4.78, 5) is 13.2. The first-order chi connectivity index (χ1) is 45.8. The summed E-state index contributed by atoms with van der Waals surface area (Å²) in [6.45, 7) is 3.70. The zero-order valence-electron chi connectivity index (χ0n) is 60.5. The van der Waals surface area contributed by atoms with Crippen molar-refractivity contribution in [1.29, 1.82) is 0 Å². The molecule has 1 fully saturated rings. The van der Waals surface area contributed by atoms with Gasteiger partial charge in [0.25, 0.3) is 0 Å². The third kappa shape index (κ3) is 59.8. The molecular formula is C84H149NO8. The van der Waals surface area contributed by atoms with Gasteiger partial charge in [0.2, 0.25) is 5.91 Å². The Bertz CT molecular complexity index is 1850. The highest BCUT2D eigenvalue weighted by atomic mass is 16.7. The number of aliphatic hydroxyl groups excluding tert-OH is 5. The Balaban J connectivity index is 2.10. The number of aliphatic hydroxyl groups is 5. The van der Waals surface area contributed by atoms with Crippen molar-refractivity contribution in [2.75, 3.05) is 13.2 Å². The Morgan fingerprint density at radius 2 is 0.667 bits per heavy atom. The third-order valence-corrected chi connectivity index (χ3v) is 18.4. The van der Waals surface area contributed by atoms with Crippen LogP contribution < -0.4 is 5.32 Å². The molecule has 0 aromatic rings. The number of allylic oxidation sites excluding steroid dienone is 17. The van der Waals surface area contributed by atoms with Crippen LogP contribution in [0.5, 0.6) is 0 Å². The topological polar surface area (TPSA) is 149 Å². The molecular weight excluding hydrogens is 1150 g/mol. The average Bonchev–Trinajstić information content (AvgIpc) is 1.01. The molecule has 0 radical (unpaired) electrons. The summed E-state index contributed by atoms with van der Waals surface area (Å²) >= 11 is 0. The molecule has 7 atom stereocenters. The van der Waals surface area contributed by atoms with Crippen molar-refractivity contribution in [1.82, 2.24) is 5.32 Å². The molecule has 1 aliphatic rings. The predicted octanol–water partition coefficient (Wildman–Crippen LogP) is 22.8. The van der Waals surface area contributed by atoms with E-state index >= 15 is 0 Å². The van der Waals surface area contributed by atoms with Crippen LogP contribution in [-0.2, 0) is 14.3 Å². The highest BCUT2D eigenvalue weighted by Gasteiger charge is 2.44. The molecule has 0 spiro atoms. The molecule has 538 valence electrons. The number of amides is 1. The molecule has 0 aromatic heterocycles. The minimum absolute atomic E-state index is 0.178. The smallest absolute Gasteiger partial charge is 0.220 e. The molecule has 6 N–H and O–H groups in total. The maximum absolute atomic E-state index is 13.2. The lowest BCUT2D eigenvalue weighted by atomic mass is 9.99. The van der Waals surface area contributed by atoms with Crippen LogP contribution in [0.1, 0.15) is 361 Å². The van der Waals surface area contributed by atoms with Gasteiger partial charge >= 0.3 is 0 Å². The number of unbranched alkanes of at least 4 members (excludes halogenated alkanes) is 43. The van der Waals surface area contributed by atoms with Crippen molar-refractivity contribution in [3.05, 3.63) is 109 Å². The van der Waals surface area contributed by atoms with E-state index in [0.717, 1.165) is 89.9 Å². The largest absolute Gasteiger partial charge is 0.394 e. The summed E-state index contributed by atoms with van der Waals surface area (Å²) in [7, 11) is 0. The summed E-state index contributed by atoms with van der Waals surface area (Å²) in [5, 5.41) is 54.9. The van der Waals surface area contributed by atoms with Gasteiger partial charge in [0, 0.05) is 6.42 Å². The minimum Gasteiger partial charge on any atom is -0.394 e. The molecule has 0 aromatic carbocycles. The van der Waals surface area contributed by atoms with Gasteiger partial charge in [0.15, 0.2) is 6.29 Å². The van der Waals surface area contributed by atoms with Crippen LogP contribution in [0.4, 0.5) is 0 Å². The third-order valence-electron chi connectivity index (χ3n) is 18.4. The van der Waals surface area contributed by atoms with E-state index in [9.17, 15) is 30.3 Å². The number of rotatable bonds is 69. The van der Waals surface area contributed by atoms with Crippen LogP contribution in [-0.4, -0.2) is 87.5 Å². The molecule has 1 rings (SSSR count). The quantitative estimate of drug-likeness (QED) is 0.0261.